The van der Waals surface area contributed by atoms with Crippen LogP contribution in [0.25, 0.3) is 17.0 Å². The predicted octanol–water partition coefficient (Wildman–Crippen LogP) is 2.34. The maximum atomic E-state index is 5.90. The van der Waals surface area contributed by atoms with E-state index < -0.39 is 0 Å². The summed E-state index contributed by atoms with van der Waals surface area (Å²) in [6.45, 7) is 1.91. The van der Waals surface area contributed by atoms with Gasteiger partial charge in [0.25, 0.3) is 0 Å². The molecule has 0 aliphatic rings. The van der Waals surface area contributed by atoms with E-state index in [1.807, 2.05) is 23.5 Å². The molecule has 2 aromatic heterocycles. The third-order valence-corrected chi connectivity index (χ3v) is 3.04. The van der Waals surface area contributed by atoms with Crippen molar-refractivity contribution in [3.63, 3.8) is 0 Å². The average Bonchev–Trinajstić information content (AvgIpc) is 2.75. The third kappa shape index (κ3) is 1.69. The summed E-state index contributed by atoms with van der Waals surface area (Å²) in [5, 5.41) is 8.79. The number of anilines is 1. The molecule has 0 amide bonds. The standard InChI is InChI=1S/C12H10ClN5/c1-7-4-11-16-17-12(18(11)6-15-7)8-2-3-9(13)10(14)5-8/h2-6H,14H2,1H3. The number of aryl methyl sites for hydroxylation is 1. The fourth-order valence-corrected chi connectivity index (χ4v) is 1.89. The zero-order valence-electron chi connectivity index (χ0n) is 9.63. The molecule has 0 aliphatic carbocycles. The Morgan fingerprint density at radius 3 is 2.83 bits per heavy atom. The van der Waals surface area contributed by atoms with E-state index in [2.05, 4.69) is 15.2 Å². The number of halogens is 1. The lowest BCUT2D eigenvalue weighted by atomic mass is 10.2. The van der Waals surface area contributed by atoms with Crippen LogP contribution in [0, 0.1) is 6.92 Å². The van der Waals surface area contributed by atoms with Crippen molar-refractivity contribution < 1.29 is 0 Å². The van der Waals surface area contributed by atoms with Crippen molar-refractivity contribution in [2.45, 2.75) is 6.92 Å². The van der Waals surface area contributed by atoms with E-state index in [-0.39, 0.29) is 0 Å². The first-order chi connectivity index (χ1) is 8.65. The minimum Gasteiger partial charge on any atom is -0.398 e. The maximum Gasteiger partial charge on any atom is 0.169 e. The summed E-state index contributed by atoms with van der Waals surface area (Å²) < 4.78 is 1.82. The predicted molar refractivity (Wildman–Crippen MR) is 70.4 cm³/mol. The van der Waals surface area contributed by atoms with Gasteiger partial charge in [0, 0.05) is 17.3 Å². The highest BCUT2D eigenvalue weighted by atomic mass is 35.5. The second kappa shape index (κ2) is 3.96. The van der Waals surface area contributed by atoms with Crippen LogP contribution in [0.3, 0.4) is 0 Å². The Balaban J connectivity index is 2.22. The second-order valence-corrected chi connectivity index (χ2v) is 4.43. The van der Waals surface area contributed by atoms with Crippen LogP contribution in [0.15, 0.2) is 30.6 Å². The van der Waals surface area contributed by atoms with Crippen LogP contribution >= 0.6 is 11.6 Å². The topological polar surface area (TPSA) is 69.1 Å². The van der Waals surface area contributed by atoms with E-state index in [1.165, 1.54) is 0 Å². The summed E-state index contributed by atoms with van der Waals surface area (Å²) in [7, 11) is 0. The quantitative estimate of drug-likeness (QED) is 0.681. The van der Waals surface area contributed by atoms with E-state index in [0.29, 0.717) is 16.5 Å². The summed E-state index contributed by atoms with van der Waals surface area (Å²) >= 11 is 5.90. The Bertz CT molecular complexity index is 734. The molecular formula is C12H10ClN5. The number of nitrogen functional groups attached to an aromatic ring is 1. The van der Waals surface area contributed by atoms with Crippen molar-refractivity contribution in [2.75, 3.05) is 5.73 Å². The van der Waals surface area contributed by atoms with Crippen LogP contribution in [0.4, 0.5) is 5.69 Å². The molecule has 18 heavy (non-hydrogen) atoms. The smallest absolute Gasteiger partial charge is 0.169 e. The molecule has 0 radical (unpaired) electrons. The van der Waals surface area contributed by atoms with Gasteiger partial charge in [0.15, 0.2) is 11.5 Å². The van der Waals surface area contributed by atoms with Gasteiger partial charge in [-0.25, -0.2) is 4.98 Å². The third-order valence-electron chi connectivity index (χ3n) is 2.69. The van der Waals surface area contributed by atoms with Crippen LogP contribution in [0.1, 0.15) is 5.69 Å². The maximum absolute atomic E-state index is 5.90. The number of fused-ring (bicyclic) bond motifs is 1. The molecule has 0 unspecified atom stereocenters. The molecule has 0 spiro atoms. The molecule has 2 N–H and O–H groups in total. The van der Waals surface area contributed by atoms with Gasteiger partial charge in [-0.15, -0.1) is 10.2 Å². The van der Waals surface area contributed by atoms with E-state index >= 15 is 0 Å². The largest absolute Gasteiger partial charge is 0.398 e. The minimum atomic E-state index is 0.519. The minimum absolute atomic E-state index is 0.519. The normalized spacial score (nSPS) is 11.0. The Morgan fingerprint density at radius 2 is 2.06 bits per heavy atom. The number of hydrogen-bond donors (Lipinski definition) is 1. The van der Waals surface area contributed by atoms with Crippen molar-refractivity contribution in [3.8, 4) is 11.4 Å². The first kappa shape index (κ1) is 11.0. The van der Waals surface area contributed by atoms with E-state index in [1.54, 1.807) is 18.5 Å². The average molecular weight is 260 g/mol. The molecule has 0 saturated carbocycles. The van der Waals surface area contributed by atoms with Crippen molar-refractivity contribution >= 4 is 22.9 Å². The Labute approximate surface area is 108 Å². The zero-order chi connectivity index (χ0) is 12.7. The highest BCUT2D eigenvalue weighted by Gasteiger charge is 2.09. The zero-order valence-corrected chi connectivity index (χ0v) is 10.4. The van der Waals surface area contributed by atoms with Crippen LogP contribution in [-0.4, -0.2) is 19.6 Å². The van der Waals surface area contributed by atoms with Gasteiger partial charge in [0.2, 0.25) is 0 Å². The van der Waals surface area contributed by atoms with Gasteiger partial charge in [-0.2, -0.15) is 0 Å². The van der Waals surface area contributed by atoms with Crippen LogP contribution in [-0.2, 0) is 0 Å². The van der Waals surface area contributed by atoms with Gasteiger partial charge in [-0.05, 0) is 25.1 Å². The lowest BCUT2D eigenvalue weighted by Gasteiger charge is -2.02. The van der Waals surface area contributed by atoms with Gasteiger partial charge < -0.3 is 5.73 Å². The van der Waals surface area contributed by atoms with E-state index in [0.717, 1.165) is 16.9 Å². The molecule has 0 aliphatic heterocycles. The summed E-state index contributed by atoms with van der Waals surface area (Å²) in [6.07, 6.45) is 1.70. The monoisotopic (exact) mass is 259 g/mol. The van der Waals surface area contributed by atoms with Gasteiger partial charge in [0.05, 0.1) is 10.7 Å². The van der Waals surface area contributed by atoms with Crippen molar-refractivity contribution in [1.82, 2.24) is 19.6 Å². The van der Waals surface area contributed by atoms with Gasteiger partial charge in [0.1, 0.15) is 6.33 Å². The van der Waals surface area contributed by atoms with Crippen molar-refractivity contribution in [2.24, 2.45) is 0 Å². The molecule has 6 heteroatoms. The van der Waals surface area contributed by atoms with Crippen LogP contribution in [0.2, 0.25) is 5.02 Å². The lowest BCUT2D eigenvalue weighted by molar-refractivity contribution is 1.05. The number of rotatable bonds is 1. The molecule has 90 valence electrons. The van der Waals surface area contributed by atoms with E-state index in [9.17, 15) is 0 Å². The Hall–Kier alpha value is -2.14. The number of aromatic nitrogens is 4. The summed E-state index contributed by atoms with van der Waals surface area (Å²) in [6, 6.07) is 7.25. The van der Waals surface area contributed by atoms with Gasteiger partial charge in [-0.3, -0.25) is 4.40 Å². The van der Waals surface area contributed by atoms with Gasteiger partial charge >= 0.3 is 0 Å². The molecule has 1 aromatic carbocycles. The molecule has 0 bridgehead atoms. The second-order valence-electron chi connectivity index (χ2n) is 4.02. The van der Waals surface area contributed by atoms with Crippen molar-refractivity contribution in [3.05, 3.63) is 41.3 Å². The van der Waals surface area contributed by atoms with Crippen molar-refractivity contribution in [1.29, 1.82) is 0 Å². The summed E-state index contributed by atoms with van der Waals surface area (Å²) in [5.41, 5.74) is 8.82. The number of hydrogen-bond acceptors (Lipinski definition) is 4. The molecular weight excluding hydrogens is 250 g/mol. The molecule has 5 nitrogen and oxygen atoms in total. The molecule has 2 heterocycles. The highest BCUT2D eigenvalue weighted by Crippen LogP contribution is 2.25. The lowest BCUT2D eigenvalue weighted by Crippen LogP contribution is -1.94. The fourth-order valence-electron chi connectivity index (χ4n) is 1.77. The SMILES string of the molecule is Cc1cc2nnc(-c3ccc(Cl)c(N)c3)n2cn1. The number of benzene rings is 1. The first-order valence-electron chi connectivity index (χ1n) is 5.38. The molecule has 0 fully saturated rings. The number of nitrogens with zero attached hydrogens (tertiary/aromatic N) is 4. The van der Waals surface area contributed by atoms with Crippen LogP contribution in [0.5, 0.6) is 0 Å². The molecule has 0 atom stereocenters. The highest BCUT2D eigenvalue weighted by molar-refractivity contribution is 6.33. The molecule has 0 saturated heterocycles. The molecule has 3 aromatic rings. The van der Waals surface area contributed by atoms with Crippen LogP contribution < -0.4 is 5.73 Å². The summed E-state index contributed by atoms with van der Waals surface area (Å²) in [5.74, 6) is 0.695. The fraction of sp³-hybridized carbons (Fsp3) is 0.0833. The van der Waals surface area contributed by atoms with E-state index in [4.69, 9.17) is 17.3 Å². The summed E-state index contributed by atoms with van der Waals surface area (Å²) in [4.78, 5) is 4.23. The molecule has 3 rings (SSSR count). The number of nitrogens with two attached hydrogens (primary N) is 1. The first-order valence-corrected chi connectivity index (χ1v) is 5.76. The Kier molecular flexibility index (Phi) is 2.41. The Morgan fingerprint density at radius 1 is 1.22 bits per heavy atom. The van der Waals surface area contributed by atoms with Gasteiger partial charge in [-0.1, -0.05) is 11.6 Å².